The molecule has 0 bridgehead atoms. The van der Waals surface area contributed by atoms with E-state index in [9.17, 15) is 33.8 Å². The van der Waals surface area contributed by atoms with E-state index >= 15 is 0 Å². The van der Waals surface area contributed by atoms with Crippen LogP contribution in [0.15, 0.2) is 60.7 Å². The van der Waals surface area contributed by atoms with Gasteiger partial charge >= 0.3 is 23.5 Å². The molecule has 6 rings (SSSR count). The molecule has 0 saturated carbocycles. The van der Waals surface area contributed by atoms with Gasteiger partial charge in [0.1, 0.15) is 30.3 Å². The lowest BCUT2D eigenvalue weighted by Crippen LogP contribution is -2.46. The number of methoxy groups -OCH3 is 3. The van der Waals surface area contributed by atoms with E-state index in [2.05, 4.69) is 4.74 Å². The summed E-state index contributed by atoms with van der Waals surface area (Å²) < 4.78 is 56.3. The Morgan fingerprint density at radius 3 is 1.63 bits per heavy atom. The number of rotatable bonds is 13. The van der Waals surface area contributed by atoms with Crippen molar-refractivity contribution in [1.29, 1.82) is 0 Å². The van der Waals surface area contributed by atoms with Crippen LogP contribution in [0.3, 0.4) is 0 Å². The maximum Gasteiger partial charge on any atom is 0.373 e. The average Bonchev–Trinajstić information content (AvgIpc) is 3.24. The van der Waals surface area contributed by atoms with Crippen molar-refractivity contribution in [2.45, 2.75) is 82.3 Å². The summed E-state index contributed by atoms with van der Waals surface area (Å²) in [5.74, 6) is -2.84. The number of aryl methyl sites for hydroxylation is 3. The Hall–Kier alpha value is -5.51. The molecule has 2 unspecified atom stereocenters. The standard InChI is InChI=1S/C22H23ClFNO6.C21H23ClFNO4.CO2/c1-13(29-2)22(8-4-5-14-9-15(23)6-7-17(14)22)12-31-20-11-18(24)16(21(26)30-3)10-19(20)25(27)28;1-13-9-19(24(25)26)18(23)11-20(13)28-12-21(14(2)27-3)8-4-5-15-10-16(22)6-7-17(15)21;2-1-3/h6-7,9-11,13H,4-5,8,12H2,1-3H3;6-7,9-11,14H,4-5,8,12H2,1-3H3;/t13?,22-;14?,21-;/m11./s1. The van der Waals surface area contributed by atoms with Gasteiger partial charge in [-0.25, -0.2) is 9.18 Å². The van der Waals surface area contributed by atoms with Gasteiger partial charge in [0.05, 0.1) is 40.0 Å². The van der Waals surface area contributed by atoms with Crippen LogP contribution in [0.5, 0.6) is 11.5 Å². The Morgan fingerprint density at radius 2 is 1.19 bits per heavy atom. The van der Waals surface area contributed by atoms with Crippen LogP contribution in [0.4, 0.5) is 20.2 Å². The average molecular weight is 904 g/mol. The van der Waals surface area contributed by atoms with Crippen LogP contribution in [-0.4, -0.2) is 68.7 Å². The maximum atomic E-state index is 14.5. The molecule has 0 radical (unpaired) electrons. The minimum absolute atomic E-state index is 0.0223. The van der Waals surface area contributed by atoms with E-state index in [4.69, 9.17) is 51.7 Å². The normalized spacial score (nSPS) is 18.4. The minimum Gasteiger partial charge on any atom is -0.492 e. The monoisotopic (exact) mass is 902 g/mol. The highest BCUT2D eigenvalue weighted by atomic mass is 35.5. The van der Waals surface area contributed by atoms with Crippen LogP contribution in [0.2, 0.25) is 10.0 Å². The zero-order valence-corrected chi connectivity index (χ0v) is 36.4. The van der Waals surface area contributed by atoms with E-state index in [0.717, 1.165) is 79.7 Å². The summed E-state index contributed by atoms with van der Waals surface area (Å²) >= 11 is 12.3. The predicted molar refractivity (Wildman–Crippen MR) is 223 cm³/mol. The molecular weight excluding hydrogens is 857 g/mol. The molecule has 0 aromatic heterocycles. The second kappa shape index (κ2) is 21.5. The number of benzene rings is 4. The van der Waals surface area contributed by atoms with E-state index < -0.39 is 55.2 Å². The van der Waals surface area contributed by atoms with Gasteiger partial charge in [0, 0.05) is 48.5 Å². The van der Waals surface area contributed by atoms with Gasteiger partial charge in [-0.3, -0.25) is 20.2 Å². The maximum absolute atomic E-state index is 14.5. The van der Waals surface area contributed by atoms with Crippen LogP contribution < -0.4 is 9.47 Å². The van der Waals surface area contributed by atoms with Crippen LogP contribution in [-0.2, 0) is 47.5 Å². The minimum atomic E-state index is -1.00. The summed E-state index contributed by atoms with van der Waals surface area (Å²) in [7, 11) is 4.32. The molecule has 4 aromatic rings. The molecule has 0 amide bonds. The van der Waals surface area contributed by atoms with Crippen molar-refractivity contribution in [3.05, 3.63) is 136 Å². The number of nitro benzene ring substituents is 2. The summed E-state index contributed by atoms with van der Waals surface area (Å²) in [6.45, 7) is 5.87. The SMILES string of the molecule is COC(=O)c1cc([N+](=O)[O-])c(OC[C@@]2(C(C)OC)CCCc3cc(Cl)ccc32)cc1F.COC(C)[C@]1(COc2cc(F)c([N+](=O)[O-])cc2C)CCCc2cc(Cl)ccc21.O=C=O. The molecule has 62 heavy (non-hydrogen) atoms. The number of hydrogen-bond donors (Lipinski definition) is 0. The molecule has 2 aliphatic carbocycles. The molecule has 0 heterocycles. The predicted octanol–water partition coefficient (Wildman–Crippen LogP) is 9.66. The Balaban J connectivity index is 0.000000257. The van der Waals surface area contributed by atoms with E-state index in [-0.39, 0.29) is 37.3 Å². The Morgan fingerprint density at radius 1 is 0.742 bits per heavy atom. The molecule has 0 spiro atoms. The number of ether oxygens (including phenoxy) is 5. The number of esters is 1. The Kier molecular flexibility index (Phi) is 17.1. The fourth-order valence-corrected chi connectivity index (χ4v) is 8.61. The Labute approximate surface area is 366 Å². The van der Waals surface area contributed by atoms with Gasteiger partial charge in [-0.2, -0.15) is 14.0 Å². The van der Waals surface area contributed by atoms with Crippen molar-refractivity contribution in [3.63, 3.8) is 0 Å². The Bertz CT molecular complexity index is 2330. The first-order valence-electron chi connectivity index (χ1n) is 19.3. The zero-order valence-electron chi connectivity index (χ0n) is 34.9. The van der Waals surface area contributed by atoms with Crippen molar-refractivity contribution in [2.75, 3.05) is 34.5 Å². The third kappa shape index (κ3) is 10.7. The van der Waals surface area contributed by atoms with Crippen LogP contribution >= 0.6 is 23.2 Å². The third-order valence-corrected chi connectivity index (χ3v) is 12.1. The fourth-order valence-electron chi connectivity index (χ4n) is 8.22. The van der Waals surface area contributed by atoms with Crippen molar-refractivity contribution >= 4 is 46.7 Å². The summed E-state index contributed by atoms with van der Waals surface area (Å²) in [5.41, 5.74) is 2.22. The van der Waals surface area contributed by atoms with Gasteiger partial charge < -0.3 is 23.7 Å². The van der Waals surface area contributed by atoms with Crippen molar-refractivity contribution in [3.8, 4) is 11.5 Å². The van der Waals surface area contributed by atoms with Gasteiger partial charge in [-0.1, -0.05) is 35.3 Å². The molecular formula is C44H46Cl2F2N2O12. The molecule has 0 saturated heterocycles. The molecule has 2 aliphatic rings. The first-order valence-corrected chi connectivity index (χ1v) is 20.1. The lowest BCUT2D eigenvalue weighted by Gasteiger charge is -2.42. The number of halogens is 4. The van der Waals surface area contributed by atoms with Gasteiger partial charge in [0.25, 0.3) is 0 Å². The molecule has 4 atom stereocenters. The molecule has 332 valence electrons. The molecule has 0 fully saturated rings. The van der Waals surface area contributed by atoms with E-state index in [1.165, 1.54) is 6.07 Å². The number of fused-ring (bicyclic) bond motifs is 2. The van der Waals surface area contributed by atoms with Gasteiger partial charge in [-0.15, -0.1) is 0 Å². The first kappa shape index (κ1) is 49.1. The third-order valence-electron chi connectivity index (χ3n) is 11.7. The second-order valence-corrected chi connectivity index (χ2v) is 15.8. The highest BCUT2D eigenvalue weighted by Crippen LogP contribution is 2.45. The van der Waals surface area contributed by atoms with Crippen LogP contribution in [0.1, 0.15) is 77.7 Å². The smallest absolute Gasteiger partial charge is 0.373 e. The van der Waals surface area contributed by atoms with Crippen molar-refractivity contribution < 1.29 is 56.7 Å². The second-order valence-electron chi connectivity index (χ2n) is 14.9. The summed E-state index contributed by atoms with van der Waals surface area (Å²) in [6, 6.07) is 15.4. The van der Waals surface area contributed by atoms with E-state index in [1.807, 2.05) is 44.2 Å². The number of nitro groups is 2. The lowest BCUT2D eigenvalue weighted by atomic mass is 9.67. The molecule has 0 aliphatic heterocycles. The van der Waals surface area contributed by atoms with Gasteiger partial charge in [-0.05, 0) is 111 Å². The summed E-state index contributed by atoms with van der Waals surface area (Å²) in [4.78, 5) is 49.0. The molecule has 18 heteroatoms. The quantitative estimate of drug-likeness (QED) is 0.0704. The highest BCUT2D eigenvalue weighted by molar-refractivity contribution is 6.31. The molecule has 0 N–H and O–H groups in total. The summed E-state index contributed by atoms with van der Waals surface area (Å²) in [5, 5.41) is 23.8. The van der Waals surface area contributed by atoms with Crippen molar-refractivity contribution in [2.24, 2.45) is 0 Å². The van der Waals surface area contributed by atoms with Crippen LogP contribution in [0, 0.1) is 38.8 Å². The van der Waals surface area contributed by atoms with Gasteiger partial charge in [0.15, 0.2) is 5.75 Å². The van der Waals surface area contributed by atoms with E-state index in [0.29, 0.717) is 27.8 Å². The highest BCUT2D eigenvalue weighted by Gasteiger charge is 2.44. The molecule has 4 aromatic carbocycles. The van der Waals surface area contributed by atoms with Crippen LogP contribution in [0.25, 0.3) is 0 Å². The topological polar surface area (TPSA) is 184 Å². The fraction of sp³-hybridized carbons (Fsp3) is 0.409. The summed E-state index contributed by atoms with van der Waals surface area (Å²) in [6.07, 6.45) is 4.97. The largest absolute Gasteiger partial charge is 0.492 e. The number of nitrogens with zero attached hydrogens (tertiary/aromatic N) is 2. The van der Waals surface area contributed by atoms with Crippen molar-refractivity contribution in [1.82, 2.24) is 0 Å². The zero-order chi connectivity index (χ0) is 45.9. The number of hydrogen-bond acceptors (Lipinski definition) is 12. The molecule has 14 nitrogen and oxygen atoms in total. The number of carbonyl (C=O) groups excluding carboxylic acids is 3. The lowest BCUT2D eigenvalue weighted by molar-refractivity contribution is -0.387. The first-order chi connectivity index (χ1) is 29.4. The van der Waals surface area contributed by atoms with Gasteiger partial charge in [0.2, 0.25) is 5.82 Å². The number of carbonyl (C=O) groups is 1. The van der Waals surface area contributed by atoms with E-state index in [1.54, 1.807) is 27.2 Å².